The van der Waals surface area contributed by atoms with E-state index in [1.165, 1.54) is 0 Å². The summed E-state index contributed by atoms with van der Waals surface area (Å²) in [5, 5.41) is 3.45. The van der Waals surface area contributed by atoms with Crippen LogP contribution in [0.3, 0.4) is 0 Å². The molecule has 0 saturated heterocycles. The molecule has 0 spiro atoms. The van der Waals surface area contributed by atoms with Crippen molar-refractivity contribution in [2.75, 3.05) is 5.32 Å². The number of benzene rings is 2. The van der Waals surface area contributed by atoms with Crippen LogP contribution in [0.1, 0.15) is 15.9 Å². The van der Waals surface area contributed by atoms with E-state index in [9.17, 15) is 4.79 Å². The molecule has 0 unspecified atom stereocenters. The van der Waals surface area contributed by atoms with Crippen LogP contribution in [0, 0.1) is 0 Å². The summed E-state index contributed by atoms with van der Waals surface area (Å²) in [4.78, 5) is 16.6. The highest BCUT2D eigenvalue weighted by Crippen LogP contribution is 2.25. The van der Waals surface area contributed by atoms with Crippen LogP contribution < -0.4 is 10.1 Å². The molecule has 0 bridgehead atoms. The van der Waals surface area contributed by atoms with E-state index in [2.05, 4.69) is 26.2 Å². The highest BCUT2D eigenvalue weighted by Gasteiger charge is 2.14. The first-order valence-corrected chi connectivity index (χ1v) is 8.67. The Labute approximate surface area is 158 Å². The lowest BCUT2D eigenvalue weighted by Crippen LogP contribution is -2.14. The van der Waals surface area contributed by atoms with Gasteiger partial charge in [-0.15, -0.1) is 0 Å². The van der Waals surface area contributed by atoms with Gasteiger partial charge in [-0.05, 0) is 48.0 Å². The van der Waals surface area contributed by atoms with Gasteiger partial charge >= 0.3 is 0 Å². The number of nitrogens with zero attached hydrogens (tertiary/aromatic N) is 1. The maximum Gasteiger partial charge on any atom is 0.259 e. The molecule has 1 aromatic heterocycles. The Hall–Kier alpha value is -2.37. The van der Waals surface area contributed by atoms with Gasteiger partial charge in [0.05, 0.1) is 17.4 Å². The summed E-state index contributed by atoms with van der Waals surface area (Å²) >= 11 is 9.38. The van der Waals surface area contributed by atoms with Gasteiger partial charge in [-0.25, -0.2) is 0 Å². The largest absolute Gasteiger partial charge is 0.488 e. The Kier molecular flexibility index (Phi) is 5.68. The summed E-state index contributed by atoms with van der Waals surface area (Å²) in [6.07, 6.45) is 3.23. The first kappa shape index (κ1) is 17.5. The highest BCUT2D eigenvalue weighted by atomic mass is 79.9. The molecular formula is C19H14BrClN2O2. The Morgan fingerprint density at radius 2 is 2.04 bits per heavy atom. The lowest BCUT2D eigenvalue weighted by Gasteiger charge is -2.12. The fraction of sp³-hybridized carbons (Fsp3) is 0.0526. The Morgan fingerprint density at radius 1 is 1.16 bits per heavy atom. The number of carbonyl (C=O) groups is 1. The van der Waals surface area contributed by atoms with Crippen LogP contribution in [0.4, 0.5) is 5.69 Å². The number of halogens is 2. The zero-order valence-corrected chi connectivity index (χ0v) is 15.4. The Balaban J connectivity index is 1.79. The predicted octanol–water partition coefficient (Wildman–Crippen LogP) is 5.33. The molecule has 126 valence electrons. The minimum Gasteiger partial charge on any atom is -0.488 e. The second-order valence-corrected chi connectivity index (χ2v) is 6.61. The summed E-state index contributed by atoms with van der Waals surface area (Å²) < 4.78 is 6.63. The number of ether oxygens (including phenoxy) is 1. The lowest BCUT2D eigenvalue weighted by atomic mass is 10.1. The molecule has 3 aromatic rings. The molecule has 0 aliphatic carbocycles. The van der Waals surface area contributed by atoms with Crippen LogP contribution in [0.15, 0.2) is 71.5 Å². The van der Waals surface area contributed by atoms with Crippen molar-refractivity contribution in [2.24, 2.45) is 0 Å². The first-order valence-electron chi connectivity index (χ1n) is 7.50. The number of hydrogen-bond acceptors (Lipinski definition) is 3. The average Bonchev–Trinajstić information content (AvgIpc) is 2.61. The third-order valence-electron chi connectivity index (χ3n) is 3.39. The number of pyridine rings is 1. The maximum atomic E-state index is 12.6. The Bertz CT molecular complexity index is 888. The van der Waals surface area contributed by atoms with Crippen LogP contribution in [0.5, 0.6) is 5.75 Å². The molecule has 0 saturated carbocycles. The smallest absolute Gasteiger partial charge is 0.259 e. The summed E-state index contributed by atoms with van der Waals surface area (Å²) in [6, 6.07) is 16.2. The van der Waals surface area contributed by atoms with E-state index in [0.29, 0.717) is 28.6 Å². The third-order valence-corrected chi connectivity index (χ3v) is 4.12. The van der Waals surface area contributed by atoms with Gasteiger partial charge in [-0.3, -0.25) is 9.78 Å². The van der Waals surface area contributed by atoms with E-state index >= 15 is 0 Å². The molecule has 1 amide bonds. The van der Waals surface area contributed by atoms with Crippen molar-refractivity contribution in [1.82, 2.24) is 4.98 Å². The van der Waals surface area contributed by atoms with E-state index in [0.717, 1.165) is 10.0 Å². The minimum absolute atomic E-state index is 0.268. The molecular weight excluding hydrogens is 404 g/mol. The number of carbonyl (C=O) groups excluding carboxylic acids is 1. The number of hydrogen-bond donors (Lipinski definition) is 1. The Morgan fingerprint density at radius 3 is 2.80 bits per heavy atom. The maximum absolute atomic E-state index is 12.6. The normalized spacial score (nSPS) is 10.3. The fourth-order valence-corrected chi connectivity index (χ4v) is 2.80. The summed E-state index contributed by atoms with van der Waals surface area (Å²) in [5.41, 5.74) is 1.97. The van der Waals surface area contributed by atoms with Gasteiger partial charge in [0.15, 0.2) is 0 Å². The SMILES string of the molecule is O=C(Nc1cccnc1)c1cc(Br)ccc1OCc1cccc(Cl)c1. The number of rotatable bonds is 5. The van der Waals surface area contributed by atoms with Gasteiger partial charge in [0.2, 0.25) is 0 Å². The van der Waals surface area contributed by atoms with Crippen LogP contribution in [0.2, 0.25) is 5.02 Å². The lowest BCUT2D eigenvalue weighted by molar-refractivity contribution is 0.102. The molecule has 0 atom stereocenters. The predicted molar refractivity (Wildman–Crippen MR) is 102 cm³/mol. The zero-order valence-electron chi connectivity index (χ0n) is 13.1. The molecule has 1 heterocycles. The average molecular weight is 418 g/mol. The molecule has 0 aliphatic heterocycles. The van der Waals surface area contributed by atoms with Gasteiger partial charge in [-0.2, -0.15) is 0 Å². The number of nitrogens with one attached hydrogen (secondary N) is 1. The van der Waals surface area contributed by atoms with Crippen LogP contribution in [-0.4, -0.2) is 10.9 Å². The monoisotopic (exact) mass is 416 g/mol. The molecule has 0 radical (unpaired) electrons. The third kappa shape index (κ3) is 4.81. The van der Waals surface area contributed by atoms with Crippen LogP contribution >= 0.6 is 27.5 Å². The summed E-state index contributed by atoms with van der Waals surface area (Å²) in [7, 11) is 0. The van der Waals surface area contributed by atoms with Crippen molar-refractivity contribution in [1.29, 1.82) is 0 Å². The van der Waals surface area contributed by atoms with Crippen molar-refractivity contribution >= 4 is 39.1 Å². The van der Waals surface area contributed by atoms with Crippen LogP contribution in [0.25, 0.3) is 0 Å². The minimum atomic E-state index is -0.268. The standard InChI is InChI=1S/C19H14BrClN2O2/c20-14-6-7-18(25-12-13-3-1-4-15(21)9-13)17(10-14)19(24)23-16-5-2-8-22-11-16/h1-11H,12H2,(H,23,24). The van der Waals surface area contributed by atoms with E-state index in [1.54, 1.807) is 42.7 Å². The van der Waals surface area contributed by atoms with E-state index in [1.807, 2.05) is 24.3 Å². The number of aromatic nitrogens is 1. The van der Waals surface area contributed by atoms with E-state index in [4.69, 9.17) is 16.3 Å². The molecule has 3 rings (SSSR count). The number of anilines is 1. The van der Waals surface area contributed by atoms with Crippen molar-refractivity contribution in [3.8, 4) is 5.75 Å². The second kappa shape index (κ2) is 8.14. The molecule has 0 aliphatic rings. The summed E-state index contributed by atoms with van der Waals surface area (Å²) in [5.74, 6) is 0.222. The fourth-order valence-electron chi connectivity index (χ4n) is 2.23. The molecule has 2 aromatic carbocycles. The molecule has 1 N–H and O–H groups in total. The topological polar surface area (TPSA) is 51.2 Å². The van der Waals surface area contributed by atoms with E-state index in [-0.39, 0.29) is 5.91 Å². The van der Waals surface area contributed by atoms with Crippen molar-refractivity contribution in [3.63, 3.8) is 0 Å². The second-order valence-electron chi connectivity index (χ2n) is 5.25. The van der Waals surface area contributed by atoms with Gasteiger partial charge in [0, 0.05) is 15.7 Å². The van der Waals surface area contributed by atoms with Crippen molar-refractivity contribution < 1.29 is 9.53 Å². The quantitative estimate of drug-likeness (QED) is 0.610. The number of amides is 1. The van der Waals surface area contributed by atoms with Gasteiger partial charge in [0.1, 0.15) is 12.4 Å². The highest BCUT2D eigenvalue weighted by molar-refractivity contribution is 9.10. The van der Waals surface area contributed by atoms with Gasteiger partial charge < -0.3 is 10.1 Å². The molecule has 4 nitrogen and oxygen atoms in total. The van der Waals surface area contributed by atoms with Crippen LogP contribution in [-0.2, 0) is 6.61 Å². The van der Waals surface area contributed by atoms with Crippen molar-refractivity contribution in [3.05, 3.63) is 87.6 Å². The zero-order chi connectivity index (χ0) is 17.6. The molecule has 25 heavy (non-hydrogen) atoms. The molecule has 6 heteroatoms. The van der Waals surface area contributed by atoms with Gasteiger partial charge in [-0.1, -0.05) is 39.7 Å². The van der Waals surface area contributed by atoms with Gasteiger partial charge in [0.25, 0.3) is 5.91 Å². The van der Waals surface area contributed by atoms with E-state index < -0.39 is 0 Å². The first-order chi connectivity index (χ1) is 12.1. The molecule has 0 fully saturated rings. The summed E-state index contributed by atoms with van der Waals surface area (Å²) in [6.45, 7) is 0.315. The van der Waals surface area contributed by atoms with Crippen molar-refractivity contribution in [2.45, 2.75) is 6.61 Å².